The molecule has 3 heterocycles. The number of hydrogen-bond donors (Lipinski definition) is 4. The van der Waals surface area contributed by atoms with Crippen molar-refractivity contribution in [1.82, 2.24) is 9.97 Å². The topological polar surface area (TPSA) is 111 Å². The molecule has 0 unspecified atom stereocenters. The first kappa shape index (κ1) is 23.7. The number of aromatic nitrogens is 2. The van der Waals surface area contributed by atoms with Gasteiger partial charge in [0.1, 0.15) is 10.7 Å². The number of nitrogens with zero attached hydrogens (tertiary/aromatic N) is 2. The van der Waals surface area contributed by atoms with Crippen LogP contribution < -0.4 is 10.6 Å². The first-order chi connectivity index (χ1) is 16.3. The molecule has 0 aliphatic heterocycles. The van der Waals surface area contributed by atoms with E-state index in [2.05, 4.69) is 20.6 Å². The number of rotatable bonds is 9. The fraction of sp³-hybridized carbons (Fsp3) is 0.200. The van der Waals surface area contributed by atoms with Crippen LogP contribution in [0.4, 0.5) is 11.4 Å². The average Bonchev–Trinajstić information content (AvgIpc) is 3.52. The zero-order valence-electron chi connectivity index (χ0n) is 18.8. The monoisotopic (exact) mass is 491 g/mol. The molecule has 0 radical (unpaired) electrons. The number of nitrogens with one attached hydrogen (secondary N) is 3. The molecule has 0 saturated heterocycles. The van der Waals surface area contributed by atoms with Gasteiger partial charge in [-0.2, -0.15) is 11.3 Å². The van der Waals surface area contributed by atoms with Crippen LogP contribution in [0.5, 0.6) is 0 Å². The number of amides is 1. The number of thiazole rings is 1. The van der Waals surface area contributed by atoms with Crippen LogP contribution in [0.3, 0.4) is 0 Å². The van der Waals surface area contributed by atoms with Crippen LogP contribution in [0.15, 0.2) is 58.9 Å². The van der Waals surface area contributed by atoms with Crippen molar-refractivity contribution in [2.45, 2.75) is 25.9 Å². The molecule has 7 nitrogen and oxygen atoms in total. The van der Waals surface area contributed by atoms with Crippen molar-refractivity contribution in [2.75, 3.05) is 17.2 Å². The van der Waals surface area contributed by atoms with Crippen molar-refractivity contribution in [3.05, 3.63) is 70.1 Å². The molecule has 174 valence electrons. The molecule has 4 N–H and O–H groups in total. The number of anilines is 2. The first-order valence-corrected chi connectivity index (χ1v) is 12.5. The van der Waals surface area contributed by atoms with Crippen LogP contribution in [0.1, 0.15) is 36.3 Å². The average molecular weight is 492 g/mol. The number of aliphatic hydroxyl groups is 1. The quantitative estimate of drug-likeness (QED) is 0.223. The Morgan fingerprint density at radius 3 is 2.62 bits per heavy atom. The van der Waals surface area contributed by atoms with E-state index in [1.165, 1.54) is 17.6 Å². The van der Waals surface area contributed by atoms with Gasteiger partial charge in [-0.3, -0.25) is 9.78 Å². The summed E-state index contributed by atoms with van der Waals surface area (Å²) in [4.78, 5) is 21.6. The second kappa shape index (κ2) is 10.3. The van der Waals surface area contributed by atoms with Crippen LogP contribution in [0.2, 0.25) is 0 Å². The summed E-state index contributed by atoms with van der Waals surface area (Å²) in [6, 6.07) is 9.43. The molecule has 4 rings (SSSR count). The molecule has 0 atom stereocenters. The van der Waals surface area contributed by atoms with Crippen LogP contribution in [0, 0.1) is 5.41 Å². The van der Waals surface area contributed by atoms with Gasteiger partial charge in [0.15, 0.2) is 0 Å². The smallest absolute Gasteiger partial charge is 0.275 e. The number of benzene rings is 1. The van der Waals surface area contributed by atoms with Crippen molar-refractivity contribution >= 4 is 46.2 Å². The lowest BCUT2D eigenvalue weighted by Crippen LogP contribution is -2.23. The number of hydrogen-bond acceptors (Lipinski definition) is 8. The molecule has 0 saturated carbocycles. The predicted molar refractivity (Wildman–Crippen MR) is 140 cm³/mol. The van der Waals surface area contributed by atoms with Crippen LogP contribution in [-0.4, -0.2) is 39.3 Å². The normalized spacial score (nSPS) is 11.3. The SMILES string of the molecule is CC(C)(O)CCNc1cc(-c2ccsc2)c(NC(=O)c2csc(-c3ccncc3)n2)cc1C=N. The second-order valence-corrected chi connectivity index (χ2v) is 10.00. The Balaban J connectivity index is 1.62. The summed E-state index contributed by atoms with van der Waals surface area (Å²) >= 11 is 2.97. The fourth-order valence-corrected chi connectivity index (χ4v) is 4.81. The Kier molecular flexibility index (Phi) is 7.16. The molecule has 0 spiro atoms. The van der Waals surface area contributed by atoms with E-state index in [0.717, 1.165) is 27.4 Å². The van der Waals surface area contributed by atoms with Crippen LogP contribution in [0.25, 0.3) is 21.7 Å². The molecule has 0 fully saturated rings. The largest absolute Gasteiger partial charge is 0.390 e. The highest BCUT2D eigenvalue weighted by atomic mass is 32.1. The molecule has 1 amide bonds. The summed E-state index contributed by atoms with van der Waals surface area (Å²) in [7, 11) is 0. The van der Waals surface area contributed by atoms with Gasteiger partial charge >= 0.3 is 0 Å². The van der Waals surface area contributed by atoms with E-state index >= 15 is 0 Å². The summed E-state index contributed by atoms with van der Waals surface area (Å²) in [6.07, 6.45) is 5.20. The highest BCUT2D eigenvalue weighted by Gasteiger charge is 2.18. The van der Waals surface area contributed by atoms with Crippen LogP contribution in [-0.2, 0) is 0 Å². The van der Waals surface area contributed by atoms with E-state index in [1.807, 2.05) is 35.0 Å². The molecule has 0 aliphatic carbocycles. The molecule has 9 heteroatoms. The van der Waals surface area contributed by atoms with E-state index in [9.17, 15) is 9.90 Å². The zero-order chi connectivity index (χ0) is 24.1. The minimum absolute atomic E-state index is 0.313. The molecule has 34 heavy (non-hydrogen) atoms. The Morgan fingerprint density at radius 2 is 1.94 bits per heavy atom. The summed E-state index contributed by atoms with van der Waals surface area (Å²) < 4.78 is 0. The van der Waals surface area contributed by atoms with E-state index in [-0.39, 0.29) is 5.91 Å². The van der Waals surface area contributed by atoms with Gasteiger partial charge in [-0.25, -0.2) is 4.98 Å². The molecule has 3 aromatic heterocycles. The standard InChI is InChI=1S/C25H25N5O2S2/c1-25(2,32)6-9-28-20-12-19(17-5-10-33-14-17)21(11-18(20)13-26)29-23(31)22-15-34-24(30-22)16-3-7-27-8-4-16/h3-5,7-8,10-15,26,28,32H,6,9H2,1-2H3,(H,29,31). The van der Waals surface area contributed by atoms with Crippen LogP contribution >= 0.6 is 22.7 Å². The number of carbonyl (C=O) groups excluding carboxylic acids is 1. The van der Waals surface area contributed by atoms with E-state index in [0.29, 0.717) is 29.9 Å². The Morgan fingerprint density at radius 1 is 1.15 bits per heavy atom. The lowest BCUT2D eigenvalue weighted by molar-refractivity contribution is 0.0748. The molecule has 1 aromatic carbocycles. The third kappa shape index (κ3) is 5.74. The molecule has 4 aromatic rings. The van der Waals surface area contributed by atoms with Gasteiger partial charge in [-0.05, 0) is 66.9 Å². The predicted octanol–water partition coefficient (Wildman–Crippen LogP) is 5.76. The minimum Gasteiger partial charge on any atom is -0.390 e. The maximum absolute atomic E-state index is 13.1. The highest BCUT2D eigenvalue weighted by Crippen LogP contribution is 2.35. The van der Waals surface area contributed by atoms with Gasteiger partial charge in [0, 0.05) is 58.6 Å². The number of carbonyl (C=O) groups is 1. The number of thiophene rings is 1. The highest BCUT2D eigenvalue weighted by molar-refractivity contribution is 7.13. The van der Waals surface area contributed by atoms with Gasteiger partial charge in [0.25, 0.3) is 5.91 Å². The lowest BCUT2D eigenvalue weighted by atomic mass is 10.0. The Labute approximate surface area is 206 Å². The molecular weight excluding hydrogens is 466 g/mol. The summed E-state index contributed by atoms with van der Waals surface area (Å²) in [5.74, 6) is -0.313. The number of pyridine rings is 1. The van der Waals surface area contributed by atoms with Crippen molar-refractivity contribution in [3.8, 4) is 21.7 Å². The lowest BCUT2D eigenvalue weighted by Gasteiger charge is -2.20. The fourth-order valence-electron chi connectivity index (χ4n) is 3.34. The Bertz CT molecular complexity index is 1280. The van der Waals surface area contributed by atoms with Gasteiger partial charge in [0.05, 0.1) is 5.60 Å². The zero-order valence-corrected chi connectivity index (χ0v) is 20.5. The summed E-state index contributed by atoms with van der Waals surface area (Å²) in [6.45, 7) is 4.08. The second-order valence-electron chi connectivity index (χ2n) is 8.36. The molecule has 0 bridgehead atoms. The third-order valence-corrected chi connectivity index (χ3v) is 6.72. The van der Waals surface area contributed by atoms with E-state index in [1.54, 1.807) is 49.0 Å². The molecular formula is C25H25N5O2S2. The van der Waals surface area contributed by atoms with E-state index in [4.69, 9.17) is 5.41 Å². The van der Waals surface area contributed by atoms with Crippen molar-refractivity contribution < 1.29 is 9.90 Å². The van der Waals surface area contributed by atoms with Gasteiger partial charge in [-0.15, -0.1) is 11.3 Å². The Hall–Kier alpha value is -3.40. The first-order valence-electron chi connectivity index (χ1n) is 10.7. The van der Waals surface area contributed by atoms with Crippen molar-refractivity contribution in [1.29, 1.82) is 5.41 Å². The van der Waals surface area contributed by atoms with Gasteiger partial charge < -0.3 is 21.1 Å². The van der Waals surface area contributed by atoms with E-state index < -0.39 is 5.60 Å². The van der Waals surface area contributed by atoms with Gasteiger partial charge in [0.2, 0.25) is 0 Å². The molecule has 0 aliphatic rings. The minimum atomic E-state index is -0.787. The summed E-state index contributed by atoms with van der Waals surface area (Å²) in [5, 5.41) is 30.7. The summed E-state index contributed by atoms with van der Waals surface area (Å²) in [5.41, 5.74) is 4.28. The third-order valence-electron chi connectivity index (χ3n) is 5.14. The maximum atomic E-state index is 13.1. The van der Waals surface area contributed by atoms with Crippen molar-refractivity contribution in [3.63, 3.8) is 0 Å². The van der Waals surface area contributed by atoms with Crippen molar-refractivity contribution in [2.24, 2.45) is 0 Å². The van der Waals surface area contributed by atoms with Gasteiger partial charge in [-0.1, -0.05) is 0 Å². The maximum Gasteiger partial charge on any atom is 0.275 e.